The number of rotatable bonds is 5. The summed E-state index contributed by atoms with van der Waals surface area (Å²) in [6.45, 7) is 4.08. The van der Waals surface area contributed by atoms with Gasteiger partial charge in [-0.25, -0.2) is 0 Å². The summed E-state index contributed by atoms with van der Waals surface area (Å²) in [6.07, 6.45) is 0.539. The molecule has 20 heavy (non-hydrogen) atoms. The van der Waals surface area contributed by atoms with Crippen LogP contribution in [0.3, 0.4) is 0 Å². The first-order chi connectivity index (χ1) is 9.54. The monoisotopic (exact) mass is 286 g/mol. The van der Waals surface area contributed by atoms with Crippen LogP contribution in [-0.2, 0) is 11.2 Å². The van der Waals surface area contributed by atoms with Gasteiger partial charge >= 0.3 is 5.97 Å². The minimum absolute atomic E-state index is 0.460. The molecule has 0 aliphatic carbocycles. The summed E-state index contributed by atoms with van der Waals surface area (Å²) in [5.74, 6) is -0.766. The predicted molar refractivity (Wildman–Crippen MR) is 83.3 cm³/mol. The molecule has 0 spiro atoms. The third-order valence-corrected chi connectivity index (χ3v) is 4.20. The molecule has 0 radical (unpaired) electrons. The molecule has 0 unspecified atom stereocenters. The predicted octanol–water partition coefficient (Wildman–Crippen LogP) is 4.09. The normalized spacial score (nSPS) is 12.1. The van der Waals surface area contributed by atoms with Gasteiger partial charge in [-0.15, -0.1) is 11.8 Å². The van der Waals surface area contributed by atoms with Crippen molar-refractivity contribution in [1.82, 2.24) is 0 Å². The second kappa shape index (κ2) is 6.62. The number of thioether (sulfide) groups is 1. The number of aryl methyl sites for hydroxylation is 2. The van der Waals surface area contributed by atoms with Gasteiger partial charge in [-0.3, -0.25) is 4.79 Å². The largest absolute Gasteiger partial charge is 0.480 e. The minimum atomic E-state index is -0.766. The summed E-state index contributed by atoms with van der Waals surface area (Å²) < 4.78 is 0. The molecule has 0 saturated carbocycles. The molecule has 0 bridgehead atoms. The lowest BCUT2D eigenvalue weighted by Gasteiger charge is -2.13. The fourth-order valence-corrected chi connectivity index (χ4v) is 3.26. The number of carboxylic acid groups (broad SMARTS) is 1. The van der Waals surface area contributed by atoms with Crippen LogP contribution in [0.15, 0.2) is 53.4 Å². The Balaban J connectivity index is 2.15. The van der Waals surface area contributed by atoms with Gasteiger partial charge in [0.25, 0.3) is 0 Å². The van der Waals surface area contributed by atoms with Crippen LogP contribution in [-0.4, -0.2) is 16.3 Å². The van der Waals surface area contributed by atoms with Crippen molar-refractivity contribution in [3.63, 3.8) is 0 Å². The van der Waals surface area contributed by atoms with Crippen LogP contribution in [0.5, 0.6) is 0 Å². The Bertz CT molecular complexity index is 573. The van der Waals surface area contributed by atoms with E-state index in [9.17, 15) is 9.90 Å². The molecular weight excluding hydrogens is 268 g/mol. The highest BCUT2D eigenvalue weighted by atomic mass is 32.2. The molecule has 3 heteroatoms. The van der Waals surface area contributed by atoms with Crippen molar-refractivity contribution in [2.75, 3.05) is 0 Å². The Hall–Kier alpha value is -1.74. The van der Waals surface area contributed by atoms with Gasteiger partial charge in [0.1, 0.15) is 5.25 Å². The van der Waals surface area contributed by atoms with Crippen molar-refractivity contribution in [3.8, 4) is 0 Å². The average Bonchev–Trinajstić information content (AvgIpc) is 2.38. The van der Waals surface area contributed by atoms with E-state index in [1.54, 1.807) is 0 Å². The third kappa shape index (κ3) is 4.14. The summed E-state index contributed by atoms with van der Waals surface area (Å²) in [5, 5.41) is 8.95. The maximum atomic E-state index is 11.5. The molecule has 0 aromatic heterocycles. The van der Waals surface area contributed by atoms with E-state index in [-0.39, 0.29) is 0 Å². The lowest BCUT2D eigenvalue weighted by atomic mass is 10.0. The highest BCUT2D eigenvalue weighted by Gasteiger charge is 2.19. The molecule has 0 fully saturated rings. The SMILES string of the molecule is Cc1cc(C)cc(C[C@@H](Sc2ccccc2)C(=O)O)c1. The first kappa shape index (κ1) is 14.7. The molecule has 104 valence electrons. The molecular formula is C17H18O2S. The van der Waals surface area contributed by atoms with Crippen LogP contribution >= 0.6 is 11.8 Å². The van der Waals surface area contributed by atoms with Gasteiger partial charge in [-0.1, -0.05) is 47.5 Å². The summed E-state index contributed by atoms with van der Waals surface area (Å²) in [5.41, 5.74) is 3.43. The van der Waals surface area contributed by atoms with E-state index in [2.05, 4.69) is 18.2 Å². The van der Waals surface area contributed by atoms with E-state index in [0.717, 1.165) is 10.5 Å². The van der Waals surface area contributed by atoms with E-state index in [4.69, 9.17) is 0 Å². The van der Waals surface area contributed by atoms with Crippen molar-refractivity contribution in [1.29, 1.82) is 0 Å². The molecule has 1 atom stereocenters. The standard InChI is InChI=1S/C17H18O2S/c1-12-8-13(2)10-14(9-12)11-16(17(18)19)20-15-6-4-3-5-7-15/h3-10,16H,11H2,1-2H3,(H,18,19)/t16-/m1/s1. The van der Waals surface area contributed by atoms with Crippen molar-refractivity contribution < 1.29 is 9.90 Å². The van der Waals surface area contributed by atoms with E-state index < -0.39 is 11.2 Å². The smallest absolute Gasteiger partial charge is 0.317 e. The van der Waals surface area contributed by atoms with Crippen LogP contribution in [0.2, 0.25) is 0 Å². The maximum absolute atomic E-state index is 11.5. The van der Waals surface area contributed by atoms with Crippen molar-refractivity contribution in [3.05, 3.63) is 65.2 Å². The van der Waals surface area contributed by atoms with Crippen LogP contribution in [0.4, 0.5) is 0 Å². The highest BCUT2D eigenvalue weighted by molar-refractivity contribution is 8.00. The summed E-state index contributed by atoms with van der Waals surface area (Å²) in [7, 11) is 0. The fourth-order valence-electron chi connectivity index (χ4n) is 2.24. The lowest BCUT2D eigenvalue weighted by Crippen LogP contribution is -2.19. The quantitative estimate of drug-likeness (QED) is 0.841. The number of hydrogen-bond donors (Lipinski definition) is 1. The van der Waals surface area contributed by atoms with E-state index in [1.165, 1.54) is 22.9 Å². The second-order valence-corrected chi connectivity index (χ2v) is 6.23. The van der Waals surface area contributed by atoms with Crippen LogP contribution in [0.25, 0.3) is 0 Å². The molecule has 0 aliphatic heterocycles. The number of carbonyl (C=O) groups is 1. The topological polar surface area (TPSA) is 37.3 Å². The van der Waals surface area contributed by atoms with Crippen molar-refractivity contribution >= 4 is 17.7 Å². The molecule has 0 heterocycles. The van der Waals surface area contributed by atoms with Crippen molar-refractivity contribution in [2.45, 2.75) is 30.4 Å². The molecule has 2 aromatic carbocycles. The molecule has 2 aromatic rings. The molecule has 2 nitrogen and oxygen atoms in total. The number of aliphatic carboxylic acids is 1. The summed E-state index contributed by atoms with van der Waals surface area (Å²) >= 11 is 1.40. The zero-order valence-electron chi connectivity index (χ0n) is 11.7. The van der Waals surface area contributed by atoms with E-state index in [0.29, 0.717) is 6.42 Å². The Morgan fingerprint density at radius 1 is 1.10 bits per heavy atom. The maximum Gasteiger partial charge on any atom is 0.317 e. The summed E-state index contributed by atoms with van der Waals surface area (Å²) in [4.78, 5) is 12.4. The van der Waals surface area contributed by atoms with Gasteiger partial charge < -0.3 is 5.11 Å². The first-order valence-electron chi connectivity index (χ1n) is 6.56. The molecule has 1 N–H and O–H groups in total. The Labute approximate surface area is 123 Å². The van der Waals surface area contributed by atoms with Gasteiger partial charge in [-0.2, -0.15) is 0 Å². The van der Waals surface area contributed by atoms with Crippen molar-refractivity contribution in [2.24, 2.45) is 0 Å². The van der Waals surface area contributed by atoms with Gasteiger partial charge in [-0.05, 0) is 38.0 Å². The first-order valence-corrected chi connectivity index (χ1v) is 7.44. The van der Waals surface area contributed by atoms with Crippen LogP contribution in [0, 0.1) is 13.8 Å². The number of carboxylic acids is 1. The number of hydrogen-bond acceptors (Lipinski definition) is 2. The molecule has 0 amide bonds. The van der Waals surface area contributed by atoms with Gasteiger partial charge in [0.05, 0.1) is 0 Å². The third-order valence-electron chi connectivity index (χ3n) is 3.00. The lowest BCUT2D eigenvalue weighted by molar-refractivity contribution is -0.136. The van der Waals surface area contributed by atoms with Gasteiger partial charge in [0.2, 0.25) is 0 Å². The Morgan fingerprint density at radius 3 is 2.25 bits per heavy atom. The van der Waals surface area contributed by atoms with Crippen LogP contribution in [0.1, 0.15) is 16.7 Å². The average molecular weight is 286 g/mol. The molecule has 0 saturated heterocycles. The minimum Gasteiger partial charge on any atom is -0.480 e. The van der Waals surface area contributed by atoms with E-state index >= 15 is 0 Å². The summed E-state index contributed by atoms with van der Waals surface area (Å²) in [6, 6.07) is 15.9. The zero-order valence-corrected chi connectivity index (χ0v) is 12.5. The molecule has 2 rings (SSSR count). The Kier molecular flexibility index (Phi) is 4.85. The van der Waals surface area contributed by atoms with E-state index in [1.807, 2.05) is 44.2 Å². The van der Waals surface area contributed by atoms with Gasteiger partial charge in [0.15, 0.2) is 0 Å². The van der Waals surface area contributed by atoms with Crippen LogP contribution < -0.4 is 0 Å². The Morgan fingerprint density at radius 2 is 1.70 bits per heavy atom. The fraction of sp³-hybridized carbons (Fsp3) is 0.235. The second-order valence-electron chi connectivity index (χ2n) is 4.96. The zero-order chi connectivity index (χ0) is 14.5. The number of benzene rings is 2. The van der Waals surface area contributed by atoms with Gasteiger partial charge in [0, 0.05) is 4.90 Å². The highest BCUT2D eigenvalue weighted by Crippen LogP contribution is 2.26. The molecule has 0 aliphatic rings.